The highest BCUT2D eigenvalue weighted by atomic mass is 19.1. The van der Waals surface area contributed by atoms with Gasteiger partial charge in [0.25, 0.3) is 0 Å². The maximum atomic E-state index is 13.9. The van der Waals surface area contributed by atoms with Gasteiger partial charge in [0, 0.05) is 38.3 Å². The fourth-order valence-electron chi connectivity index (χ4n) is 3.86. The number of rotatable bonds is 5. The molecule has 0 bridgehead atoms. The van der Waals surface area contributed by atoms with Crippen LogP contribution in [0.2, 0.25) is 0 Å². The molecule has 2 aliphatic rings. The number of ether oxygens (including phenoxy) is 1. The first-order valence-electron chi connectivity index (χ1n) is 9.54. The Bertz CT molecular complexity index is 802. The summed E-state index contributed by atoms with van der Waals surface area (Å²) in [6.07, 6.45) is 0.736. The van der Waals surface area contributed by atoms with Crippen LogP contribution in [0.1, 0.15) is 23.5 Å². The standard InChI is InChI=1S/C22H25FN2O2/c1-24(22(26)20-14-19(20)18-4-2-3-5-21(18)23)15-16-6-8-17(9-7-16)25-10-12-27-13-11-25/h2-9,19-20H,10-15H2,1H3. The largest absolute Gasteiger partial charge is 0.378 e. The van der Waals surface area contributed by atoms with Crippen LogP contribution in [0.5, 0.6) is 0 Å². The zero-order chi connectivity index (χ0) is 18.8. The predicted octanol–water partition coefficient (Wildman–Crippen LogP) is 3.42. The van der Waals surface area contributed by atoms with Gasteiger partial charge in [0.15, 0.2) is 0 Å². The monoisotopic (exact) mass is 368 g/mol. The molecule has 1 saturated heterocycles. The molecule has 2 unspecified atom stereocenters. The second-order valence-corrected chi connectivity index (χ2v) is 7.43. The lowest BCUT2D eigenvalue weighted by Crippen LogP contribution is -2.36. The molecule has 27 heavy (non-hydrogen) atoms. The lowest BCUT2D eigenvalue weighted by molar-refractivity contribution is -0.131. The third-order valence-corrected chi connectivity index (χ3v) is 5.52. The second kappa shape index (κ2) is 7.69. The summed E-state index contributed by atoms with van der Waals surface area (Å²) in [5.74, 6) is -0.191. The quantitative estimate of drug-likeness (QED) is 0.811. The van der Waals surface area contributed by atoms with Crippen molar-refractivity contribution in [3.63, 3.8) is 0 Å². The number of hydrogen-bond donors (Lipinski definition) is 0. The van der Waals surface area contributed by atoms with E-state index in [9.17, 15) is 9.18 Å². The van der Waals surface area contributed by atoms with Crippen LogP contribution in [-0.2, 0) is 16.1 Å². The predicted molar refractivity (Wildman–Crippen MR) is 103 cm³/mol. The second-order valence-electron chi connectivity index (χ2n) is 7.43. The van der Waals surface area contributed by atoms with Crippen molar-refractivity contribution in [3.8, 4) is 0 Å². The molecule has 1 aliphatic heterocycles. The van der Waals surface area contributed by atoms with Crippen LogP contribution >= 0.6 is 0 Å². The van der Waals surface area contributed by atoms with Crippen LogP contribution in [0.25, 0.3) is 0 Å². The number of anilines is 1. The molecule has 0 radical (unpaired) electrons. The first-order valence-corrected chi connectivity index (χ1v) is 9.54. The molecule has 1 amide bonds. The highest BCUT2D eigenvalue weighted by Crippen LogP contribution is 2.49. The normalized spacial score (nSPS) is 21.8. The maximum Gasteiger partial charge on any atom is 0.226 e. The summed E-state index contributed by atoms with van der Waals surface area (Å²) in [7, 11) is 1.83. The smallest absolute Gasteiger partial charge is 0.226 e. The Labute approximate surface area is 159 Å². The molecule has 5 heteroatoms. The molecular formula is C22H25FN2O2. The van der Waals surface area contributed by atoms with Gasteiger partial charge in [0.2, 0.25) is 5.91 Å². The summed E-state index contributed by atoms with van der Waals surface area (Å²) in [5.41, 5.74) is 2.96. The minimum Gasteiger partial charge on any atom is -0.378 e. The molecule has 1 heterocycles. The molecule has 4 nitrogen and oxygen atoms in total. The Hall–Kier alpha value is -2.40. The molecule has 0 spiro atoms. The summed E-state index contributed by atoms with van der Waals surface area (Å²) in [4.78, 5) is 16.8. The number of amides is 1. The molecule has 2 fully saturated rings. The van der Waals surface area contributed by atoms with E-state index < -0.39 is 0 Å². The molecule has 0 aromatic heterocycles. The number of nitrogens with zero attached hydrogens (tertiary/aromatic N) is 2. The molecule has 4 rings (SSSR count). The summed E-state index contributed by atoms with van der Waals surface area (Å²) in [5, 5.41) is 0. The van der Waals surface area contributed by atoms with Gasteiger partial charge in [0.05, 0.1) is 13.2 Å². The number of carbonyl (C=O) groups is 1. The number of hydrogen-bond acceptors (Lipinski definition) is 3. The van der Waals surface area contributed by atoms with E-state index >= 15 is 0 Å². The van der Waals surface area contributed by atoms with Gasteiger partial charge >= 0.3 is 0 Å². The fraction of sp³-hybridized carbons (Fsp3) is 0.409. The van der Waals surface area contributed by atoms with E-state index in [1.807, 2.05) is 13.1 Å². The highest BCUT2D eigenvalue weighted by Gasteiger charge is 2.46. The minimum atomic E-state index is -0.209. The van der Waals surface area contributed by atoms with Crippen LogP contribution < -0.4 is 4.90 Å². The summed E-state index contributed by atoms with van der Waals surface area (Å²) >= 11 is 0. The molecule has 2 atom stereocenters. The molecule has 2 aromatic carbocycles. The first-order chi connectivity index (χ1) is 13.1. The Morgan fingerprint density at radius 3 is 2.56 bits per heavy atom. The zero-order valence-corrected chi connectivity index (χ0v) is 15.6. The fourth-order valence-corrected chi connectivity index (χ4v) is 3.86. The van der Waals surface area contributed by atoms with Gasteiger partial charge in [-0.25, -0.2) is 4.39 Å². The van der Waals surface area contributed by atoms with Crippen LogP contribution in [0.4, 0.5) is 10.1 Å². The lowest BCUT2D eigenvalue weighted by atomic mass is 10.1. The Kier molecular flexibility index (Phi) is 5.12. The number of halogens is 1. The van der Waals surface area contributed by atoms with Crippen LogP contribution in [-0.4, -0.2) is 44.2 Å². The minimum absolute atomic E-state index is 0.0184. The van der Waals surface area contributed by atoms with Crippen molar-refractivity contribution in [2.24, 2.45) is 5.92 Å². The number of carbonyl (C=O) groups excluding carboxylic acids is 1. The van der Waals surface area contributed by atoms with Gasteiger partial charge in [-0.2, -0.15) is 0 Å². The summed E-state index contributed by atoms with van der Waals surface area (Å²) in [6, 6.07) is 15.2. The van der Waals surface area contributed by atoms with Crippen molar-refractivity contribution in [2.45, 2.75) is 18.9 Å². The Balaban J connectivity index is 1.34. The van der Waals surface area contributed by atoms with E-state index in [0.717, 1.165) is 38.3 Å². The van der Waals surface area contributed by atoms with Crippen LogP contribution in [0.3, 0.4) is 0 Å². The highest BCUT2D eigenvalue weighted by molar-refractivity contribution is 5.82. The van der Waals surface area contributed by atoms with E-state index in [2.05, 4.69) is 29.2 Å². The Morgan fingerprint density at radius 1 is 1.15 bits per heavy atom. The summed E-state index contributed by atoms with van der Waals surface area (Å²) < 4.78 is 19.3. The average molecular weight is 368 g/mol. The van der Waals surface area contributed by atoms with Gasteiger partial charge in [-0.1, -0.05) is 30.3 Å². The number of morpholine rings is 1. The maximum absolute atomic E-state index is 13.9. The van der Waals surface area contributed by atoms with Crippen molar-refractivity contribution < 1.29 is 13.9 Å². The van der Waals surface area contributed by atoms with Gasteiger partial charge in [0.1, 0.15) is 5.82 Å². The zero-order valence-electron chi connectivity index (χ0n) is 15.6. The van der Waals surface area contributed by atoms with Crippen molar-refractivity contribution in [3.05, 3.63) is 65.5 Å². The number of benzene rings is 2. The van der Waals surface area contributed by atoms with Crippen molar-refractivity contribution in [1.29, 1.82) is 0 Å². The van der Waals surface area contributed by atoms with Gasteiger partial charge in [-0.05, 0) is 41.7 Å². The van der Waals surface area contributed by atoms with Crippen molar-refractivity contribution >= 4 is 11.6 Å². The molecule has 142 valence electrons. The average Bonchev–Trinajstić information content (AvgIpc) is 3.49. The molecule has 2 aromatic rings. The molecule has 1 aliphatic carbocycles. The third kappa shape index (κ3) is 3.98. The van der Waals surface area contributed by atoms with Crippen molar-refractivity contribution in [1.82, 2.24) is 4.90 Å². The topological polar surface area (TPSA) is 32.8 Å². The van der Waals surface area contributed by atoms with E-state index in [0.29, 0.717) is 12.1 Å². The molecule has 1 saturated carbocycles. The van der Waals surface area contributed by atoms with Gasteiger partial charge in [-0.15, -0.1) is 0 Å². The molecule has 0 N–H and O–H groups in total. The van der Waals surface area contributed by atoms with E-state index in [1.54, 1.807) is 17.0 Å². The van der Waals surface area contributed by atoms with Gasteiger partial charge in [-0.3, -0.25) is 4.79 Å². The van der Waals surface area contributed by atoms with E-state index in [4.69, 9.17) is 4.74 Å². The first kappa shape index (κ1) is 18.0. The van der Waals surface area contributed by atoms with Crippen LogP contribution in [0, 0.1) is 11.7 Å². The van der Waals surface area contributed by atoms with E-state index in [-0.39, 0.29) is 23.6 Å². The van der Waals surface area contributed by atoms with Crippen molar-refractivity contribution in [2.75, 3.05) is 38.3 Å². The lowest BCUT2D eigenvalue weighted by Gasteiger charge is -2.29. The Morgan fingerprint density at radius 2 is 1.85 bits per heavy atom. The molecular weight excluding hydrogens is 343 g/mol. The van der Waals surface area contributed by atoms with E-state index in [1.165, 1.54) is 11.8 Å². The third-order valence-electron chi connectivity index (χ3n) is 5.52. The summed E-state index contributed by atoms with van der Waals surface area (Å²) in [6.45, 7) is 3.93. The van der Waals surface area contributed by atoms with Crippen LogP contribution in [0.15, 0.2) is 48.5 Å². The van der Waals surface area contributed by atoms with Gasteiger partial charge < -0.3 is 14.5 Å². The SMILES string of the molecule is CN(Cc1ccc(N2CCOCC2)cc1)C(=O)C1CC1c1ccccc1F.